The molecule has 4 nitrogen and oxygen atoms in total. The summed E-state index contributed by atoms with van der Waals surface area (Å²) in [6.07, 6.45) is 1.49. The molecule has 0 spiro atoms. The van der Waals surface area contributed by atoms with Gasteiger partial charge in [-0.1, -0.05) is 30.3 Å². The van der Waals surface area contributed by atoms with Gasteiger partial charge in [-0.05, 0) is 6.92 Å². The van der Waals surface area contributed by atoms with Gasteiger partial charge >= 0.3 is 6.01 Å². The topological polar surface area (TPSA) is 58.8 Å². The van der Waals surface area contributed by atoms with E-state index < -0.39 is 0 Å². The van der Waals surface area contributed by atoms with Gasteiger partial charge < -0.3 is 4.74 Å². The Hall–Kier alpha value is -2.41. The van der Waals surface area contributed by atoms with E-state index in [-0.39, 0.29) is 0 Å². The van der Waals surface area contributed by atoms with Gasteiger partial charge in [0.05, 0.1) is 24.1 Å². The Morgan fingerprint density at radius 1 is 1.29 bits per heavy atom. The van der Waals surface area contributed by atoms with Crippen LogP contribution in [0.1, 0.15) is 12.5 Å². The van der Waals surface area contributed by atoms with Crippen molar-refractivity contribution in [3.63, 3.8) is 0 Å². The summed E-state index contributed by atoms with van der Waals surface area (Å²) in [7, 11) is 0. The van der Waals surface area contributed by atoms with Crippen molar-refractivity contribution in [2.75, 3.05) is 6.61 Å². The molecule has 0 amide bonds. The minimum absolute atomic E-state index is 0.297. The van der Waals surface area contributed by atoms with Crippen LogP contribution in [0, 0.1) is 11.3 Å². The number of hydrogen-bond acceptors (Lipinski definition) is 4. The molecule has 0 atom stereocenters. The highest BCUT2D eigenvalue weighted by Crippen LogP contribution is 2.21. The second-order valence-corrected chi connectivity index (χ2v) is 3.33. The molecule has 0 saturated carbocycles. The summed E-state index contributed by atoms with van der Waals surface area (Å²) in [6.45, 7) is 2.36. The molecule has 0 unspecified atom stereocenters. The average Bonchev–Trinajstić information content (AvgIpc) is 2.40. The second-order valence-electron chi connectivity index (χ2n) is 3.33. The van der Waals surface area contributed by atoms with Crippen molar-refractivity contribution in [3.8, 4) is 23.3 Å². The van der Waals surface area contributed by atoms with Crippen molar-refractivity contribution in [2.45, 2.75) is 6.92 Å². The molecule has 0 saturated heterocycles. The van der Waals surface area contributed by atoms with Gasteiger partial charge in [-0.2, -0.15) is 10.2 Å². The average molecular weight is 225 g/mol. The normalized spacial score (nSPS) is 9.65. The van der Waals surface area contributed by atoms with Crippen molar-refractivity contribution >= 4 is 0 Å². The molecular weight excluding hydrogens is 214 g/mol. The fourth-order valence-corrected chi connectivity index (χ4v) is 1.46. The van der Waals surface area contributed by atoms with Crippen molar-refractivity contribution in [2.24, 2.45) is 0 Å². The van der Waals surface area contributed by atoms with E-state index in [0.29, 0.717) is 23.9 Å². The lowest BCUT2D eigenvalue weighted by Crippen LogP contribution is -2.00. The van der Waals surface area contributed by atoms with Gasteiger partial charge in [-0.3, -0.25) is 0 Å². The number of nitriles is 1. The Labute approximate surface area is 99.5 Å². The molecule has 2 rings (SSSR count). The maximum atomic E-state index is 9.03. The zero-order valence-corrected chi connectivity index (χ0v) is 9.42. The minimum Gasteiger partial charge on any atom is -0.464 e. The van der Waals surface area contributed by atoms with E-state index in [1.165, 1.54) is 6.20 Å². The third-order valence-corrected chi connectivity index (χ3v) is 2.21. The summed E-state index contributed by atoms with van der Waals surface area (Å²) in [6, 6.07) is 11.9. The van der Waals surface area contributed by atoms with Gasteiger partial charge in [-0.25, -0.2) is 4.98 Å². The third-order valence-electron chi connectivity index (χ3n) is 2.21. The summed E-state index contributed by atoms with van der Waals surface area (Å²) in [5.74, 6) is 0. The first kappa shape index (κ1) is 11.1. The molecule has 1 heterocycles. The SMILES string of the molecule is CCOc1ncc(C#N)c(-c2ccccc2)n1. The first-order chi connectivity index (χ1) is 8.35. The zero-order valence-electron chi connectivity index (χ0n) is 9.42. The van der Waals surface area contributed by atoms with Crippen LogP contribution in [-0.2, 0) is 0 Å². The number of rotatable bonds is 3. The van der Waals surface area contributed by atoms with Gasteiger partial charge in [0.25, 0.3) is 0 Å². The molecule has 0 aliphatic carbocycles. The van der Waals surface area contributed by atoms with E-state index in [0.717, 1.165) is 5.56 Å². The molecule has 84 valence electrons. The first-order valence-corrected chi connectivity index (χ1v) is 5.30. The van der Waals surface area contributed by atoms with Crippen molar-refractivity contribution in [1.29, 1.82) is 5.26 Å². The van der Waals surface area contributed by atoms with Crippen LogP contribution >= 0.6 is 0 Å². The number of ether oxygens (including phenoxy) is 1. The monoisotopic (exact) mass is 225 g/mol. The Balaban J connectivity index is 2.51. The largest absolute Gasteiger partial charge is 0.464 e. The summed E-state index contributed by atoms with van der Waals surface area (Å²) in [5.41, 5.74) is 1.93. The molecule has 1 aromatic heterocycles. The number of hydrogen-bond donors (Lipinski definition) is 0. The second kappa shape index (κ2) is 5.08. The van der Waals surface area contributed by atoms with Crippen molar-refractivity contribution < 1.29 is 4.74 Å². The predicted molar refractivity (Wildman–Crippen MR) is 63.4 cm³/mol. The van der Waals surface area contributed by atoms with Crippen LogP contribution < -0.4 is 4.74 Å². The van der Waals surface area contributed by atoms with Crippen molar-refractivity contribution in [3.05, 3.63) is 42.1 Å². The Kier molecular flexibility index (Phi) is 3.31. The van der Waals surface area contributed by atoms with Crippen LogP contribution in [0.5, 0.6) is 6.01 Å². The van der Waals surface area contributed by atoms with Gasteiger partial charge in [0.1, 0.15) is 6.07 Å². The quantitative estimate of drug-likeness (QED) is 0.804. The standard InChI is InChI=1S/C13H11N3O/c1-2-17-13-15-9-11(8-14)12(16-13)10-6-4-3-5-7-10/h3-7,9H,2H2,1H3. The van der Waals surface area contributed by atoms with Gasteiger partial charge in [0.15, 0.2) is 0 Å². The molecule has 2 aromatic rings. The molecule has 0 aliphatic heterocycles. The summed E-state index contributed by atoms with van der Waals surface area (Å²) in [4.78, 5) is 8.22. The fraction of sp³-hybridized carbons (Fsp3) is 0.154. The van der Waals surface area contributed by atoms with Gasteiger partial charge in [0.2, 0.25) is 0 Å². The van der Waals surface area contributed by atoms with Crippen LogP contribution in [0.25, 0.3) is 11.3 Å². The lowest BCUT2D eigenvalue weighted by molar-refractivity contribution is 0.313. The molecule has 0 N–H and O–H groups in total. The molecular formula is C13H11N3O. The maximum absolute atomic E-state index is 9.03. The van der Waals surface area contributed by atoms with Crippen LogP contribution in [0.4, 0.5) is 0 Å². The molecule has 0 radical (unpaired) electrons. The van der Waals surface area contributed by atoms with E-state index in [4.69, 9.17) is 10.00 Å². The third kappa shape index (κ3) is 2.40. The number of benzene rings is 1. The highest BCUT2D eigenvalue weighted by Gasteiger charge is 2.09. The van der Waals surface area contributed by atoms with Gasteiger partial charge in [0, 0.05) is 5.56 Å². The summed E-state index contributed by atoms with van der Waals surface area (Å²) < 4.78 is 5.24. The minimum atomic E-state index is 0.297. The predicted octanol–water partition coefficient (Wildman–Crippen LogP) is 2.41. The zero-order chi connectivity index (χ0) is 12.1. The Morgan fingerprint density at radius 3 is 2.71 bits per heavy atom. The lowest BCUT2D eigenvalue weighted by Gasteiger charge is -2.05. The van der Waals surface area contributed by atoms with E-state index >= 15 is 0 Å². The van der Waals surface area contributed by atoms with E-state index in [1.54, 1.807) is 0 Å². The molecule has 0 aliphatic rings. The van der Waals surface area contributed by atoms with E-state index in [2.05, 4.69) is 16.0 Å². The lowest BCUT2D eigenvalue weighted by atomic mass is 10.1. The summed E-state index contributed by atoms with van der Waals surface area (Å²) in [5, 5.41) is 9.03. The molecule has 17 heavy (non-hydrogen) atoms. The van der Waals surface area contributed by atoms with Crippen LogP contribution in [0.15, 0.2) is 36.5 Å². The summed E-state index contributed by atoms with van der Waals surface area (Å²) >= 11 is 0. The van der Waals surface area contributed by atoms with Gasteiger partial charge in [-0.15, -0.1) is 0 Å². The van der Waals surface area contributed by atoms with Crippen LogP contribution in [0.3, 0.4) is 0 Å². The Bertz CT molecular complexity index is 546. The smallest absolute Gasteiger partial charge is 0.316 e. The van der Waals surface area contributed by atoms with Crippen molar-refractivity contribution in [1.82, 2.24) is 9.97 Å². The molecule has 1 aromatic carbocycles. The highest BCUT2D eigenvalue weighted by molar-refractivity contribution is 5.65. The van der Waals surface area contributed by atoms with Crippen LogP contribution in [-0.4, -0.2) is 16.6 Å². The number of aromatic nitrogens is 2. The molecule has 0 bridgehead atoms. The fourth-order valence-electron chi connectivity index (χ4n) is 1.46. The first-order valence-electron chi connectivity index (χ1n) is 5.30. The Morgan fingerprint density at radius 2 is 2.06 bits per heavy atom. The molecule has 0 fully saturated rings. The highest BCUT2D eigenvalue weighted by atomic mass is 16.5. The maximum Gasteiger partial charge on any atom is 0.316 e. The molecule has 4 heteroatoms. The van der Waals surface area contributed by atoms with E-state index in [1.807, 2.05) is 37.3 Å². The van der Waals surface area contributed by atoms with Crippen LogP contribution in [0.2, 0.25) is 0 Å². The number of nitrogens with zero attached hydrogens (tertiary/aromatic N) is 3. The van der Waals surface area contributed by atoms with E-state index in [9.17, 15) is 0 Å².